The molecule has 0 aliphatic heterocycles. The van der Waals surface area contributed by atoms with Crippen LogP contribution in [-0.2, 0) is 0 Å². The van der Waals surface area contributed by atoms with Crippen molar-refractivity contribution in [2.45, 2.75) is 53.1 Å². The molecule has 13 heavy (non-hydrogen) atoms. The van der Waals surface area contributed by atoms with Gasteiger partial charge in [-0.25, -0.2) is 0 Å². The maximum absolute atomic E-state index is 9.68. The van der Waals surface area contributed by atoms with Gasteiger partial charge in [0.15, 0.2) is 0 Å². The second kappa shape index (κ2) is 3.83. The van der Waals surface area contributed by atoms with E-state index in [-0.39, 0.29) is 11.5 Å². The Morgan fingerprint density at radius 2 is 2.23 bits per heavy atom. The molecular formula is C12H22O. The monoisotopic (exact) mass is 182 g/mol. The first-order valence-corrected chi connectivity index (χ1v) is 5.33. The summed E-state index contributed by atoms with van der Waals surface area (Å²) < 4.78 is 0. The summed E-state index contributed by atoms with van der Waals surface area (Å²) in [5, 5.41) is 9.68. The van der Waals surface area contributed by atoms with Crippen LogP contribution in [0.1, 0.15) is 47.0 Å². The van der Waals surface area contributed by atoms with Crippen LogP contribution < -0.4 is 0 Å². The zero-order chi connectivity index (χ0) is 10.1. The highest BCUT2D eigenvalue weighted by Gasteiger charge is 2.28. The quantitative estimate of drug-likeness (QED) is 0.650. The van der Waals surface area contributed by atoms with Crippen molar-refractivity contribution in [2.24, 2.45) is 11.3 Å². The van der Waals surface area contributed by atoms with Gasteiger partial charge in [-0.05, 0) is 30.6 Å². The minimum atomic E-state index is -0.215. The van der Waals surface area contributed by atoms with Crippen molar-refractivity contribution in [2.75, 3.05) is 0 Å². The van der Waals surface area contributed by atoms with Gasteiger partial charge in [-0.3, -0.25) is 0 Å². The zero-order valence-corrected chi connectivity index (χ0v) is 9.30. The van der Waals surface area contributed by atoms with Crippen molar-refractivity contribution in [1.29, 1.82) is 0 Å². The molecule has 1 heteroatoms. The number of aliphatic hydroxyl groups is 1. The first-order valence-electron chi connectivity index (χ1n) is 5.33. The van der Waals surface area contributed by atoms with E-state index in [0.717, 1.165) is 12.8 Å². The van der Waals surface area contributed by atoms with Crippen molar-refractivity contribution < 1.29 is 5.11 Å². The van der Waals surface area contributed by atoms with Crippen molar-refractivity contribution in [3.63, 3.8) is 0 Å². The molecule has 0 fully saturated rings. The lowest BCUT2D eigenvalue weighted by molar-refractivity contribution is 0.135. The van der Waals surface area contributed by atoms with Gasteiger partial charge in [-0.2, -0.15) is 0 Å². The van der Waals surface area contributed by atoms with Crippen LogP contribution in [0.4, 0.5) is 0 Å². The summed E-state index contributed by atoms with van der Waals surface area (Å²) in [5.74, 6) is 0.634. The second-order valence-electron chi connectivity index (χ2n) is 5.16. The molecule has 2 unspecified atom stereocenters. The molecule has 0 bridgehead atoms. The van der Waals surface area contributed by atoms with Crippen LogP contribution in [0.3, 0.4) is 0 Å². The molecule has 1 N–H and O–H groups in total. The minimum Gasteiger partial charge on any atom is -0.389 e. The standard InChI is InChI=1S/C12H22O/c1-5-9(2)10-6-11(13)8-12(3,4)7-10/h6,9,11,13H,5,7-8H2,1-4H3. The molecule has 76 valence electrons. The van der Waals surface area contributed by atoms with Gasteiger partial charge in [-0.15, -0.1) is 0 Å². The fraction of sp³-hybridized carbons (Fsp3) is 0.833. The Morgan fingerprint density at radius 3 is 2.69 bits per heavy atom. The van der Waals surface area contributed by atoms with E-state index in [0.29, 0.717) is 5.92 Å². The maximum Gasteiger partial charge on any atom is 0.0728 e. The van der Waals surface area contributed by atoms with Crippen LogP contribution in [0.15, 0.2) is 11.6 Å². The molecule has 1 aliphatic carbocycles. The lowest BCUT2D eigenvalue weighted by Gasteiger charge is -2.34. The Balaban J connectivity index is 2.75. The van der Waals surface area contributed by atoms with Gasteiger partial charge in [-0.1, -0.05) is 39.3 Å². The summed E-state index contributed by atoms with van der Waals surface area (Å²) in [4.78, 5) is 0. The molecule has 0 aromatic carbocycles. The fourth-order valence-electron chi connectivity index (χ4n) is 2.16. The van der Waals surface area contributed by atoms with Crippen molar-refractivity contribution >= 4 is 0 Å². The van der Waals surface area contributed by atoms with Crippen LogP contribution in [0.2, 0.25) is 0 Å². The van der Waals surface area contributed by atoms with Gasteiger partial charge in [0.25, 0.3) is 0 Å². The van der Waals surface area contributed by atoms with Crippen molar-refractivity contribution in [1.82, 2.24) is 0 Å². The van der Waals surface area contributed by atoms with Gasteiger partial charge in [0.1, 0.15) is 0 Å². The lowest BCUT2D eigenvalue weighted by Crippen LogP contribution is -2.26. The molecule has 0 radical (unpaired) electrons. The van der Waals surface area contributed by atoms with Crippen molar-refractivity contribution in [3.05, 3.63) is 11.6 Å². The summed E-state index contributed by atoms with van der Waals surface area (Å²) in [6.07, 6.45) is 5.09. The van der Waals surface area contributed by atoms with Crippen LogP contribution in [0, 0.1) is 11.3 Å². The average Bonchev–Trinajstić information content (AvgIpc) is 1.99. The predicted molar refractivity (Wildman–Crippen MR) is 56.6 cm³/mol. The molecule has 1 nitrogen and oxygen atoms in total. The van der Waals surface area contributed by atoms with Gasteiger partial charge >= 0.3 is 0 Å². The molecule has 1 rings (SSSR count). The molecular weight excluding hydrogens is 160 g/mol. The maximum atomic E-state index is 9.68. The highest BCUT2D eigenvalue weighted by atomic mass is 16.3. The van der Waals surface area contributed by atoms with E-state index >= 15 is 0 Å². The average molecular weight is 182 g/mol. The first kappa shape index (κ1) is 10.8. The Kier molecular flexibility index (Phi) is 3.18. The number of rotatable bonds is 2. The SMILES string of the molecule is CCC(C)C1=CC(O)CC(C)(C)C1. The van der Waals surface area contributed by atoms with E-state index in [1.807, 2.05) is 0 Å². The van der Waals surface area contributed by atoms with E-state index in [2.05, 4.69) is 33.8 Å². The van der Waals surface area contributed by atoms with Crippen LogP contribution in [-0.4, -0.2) is 11.2 Å². The highest BCUT2D eigenvalue weighted by molar-refractivity contribution is 5.15. The lowest BCUT2D eigenvalue weighted by atomic mass is 9.73. The first-order chi connectivity index (χ1) is 5.94. The topological polar surface area (TPSA) is 20.2 Å². The molecule has 0 heterocycles. The summed E-state index contributed by atoms with van der Waals surface area (Å²) in [7, 11) is 0. The Labute approximate surface area is 81.9 Å². The summed E-state index contributed by atoms with van der Waals surface area (Å²) in [5.41, 5.74) is 1.73. The number of hydrogen-bond donors (Lipinski definition) is 1. The minimum absolute atomic E-state index is 0.215. The summed E-state index contributed by atoms with van der Waals surface area (Å²) in [6.45, 7) is 8.94. The van der Waals surface area contributed by atoms with Gasteiger partial charge < -0.3 is 5.11 Å². The van der Waals surface area contributed by atoms with E-state index in [9.17, 15) is 5.11 Å². The smallest absolute Gasteiger partial charge is 0.0728 e. The Hall–Kier alpha value is -0.300. The summed E-state index contributed by atoms with van der Waals surface area (Å²) in [6, 6.07) is 0. The third-order valence-corrected chi connectivity index (χ3v) is 3.10. The van der Waals surface area contributed by atoms with E-state index in [1.165, 1.54) is 12.0 Å². The molecule has 1 aliphatic rings. The van der Waals surface area contributed by atoms with Crippen LogP contribution in [0.5, 0.6) is 0 Å². The van der Waals surface area contributed by atoms with Gasteiger partial charge in [0.2, 0.25) is 0 Å². The van der Waals surface area contributed by atoms with Crippen LogP contribution >= 0.6 is 0 Å². The molecule has 2 atom stereocenters. The Morgan fingerprint density at radius 1 is 1.62 bits per heavy atom. The van der Waals surface area contributed by atoms with Crippen LogP contribution in [0.25, 0.3) is 0 Å². The van der Waals surface area contributed by atoms with Gasteiger partial charge in [0.05, 0.1) is 6.10 Å². The van der Waals surface area contributed by atoms with Crippen molar-refractivity contribution in [3.8, 4) is 0 Å². The van der Waals surface area contributed by atoms with E-state index in [4.69, 9.17) is 0 Å². The zero-order valence-electron chi connectivity index (χ0n) is 9.30. The molecule has 0 amide bonds. The number of aliphatic hydroxyl groups excluding tert-OH is 1. The normalized spacial score (nSPS) is 29.6. The third kappa shape index (κ3) is 2.84. The fourth-order valence-corrected chi connectivity index (χ4v) is 2.16. The molecule has 0 spiro atoms. The Bertz CT molecular complexity index is 203. The number of allylic oxidation sites excluding steroid dienone is 1. The molecule has 0 aromatic rings. The largest absolute Gasteiger partial charge is 0.389 e. The second-order valence-corrected chi connectivity index (χ2v) is 5.16. The number of hydrogen-bond acceptors (Lipinski definition) is 1. The third-order valence-electron chi connectivity index (χ3n) is 3.10. The molecule has 0 saturated heterocycles. The molecule has 0 saturated carbocycles. The van der Waals surface area contributed by atoms with E-state index < -0.39 is 0 Å². The van der Waals surface area contributed by atoms with E-state index in [1.54, 1.807) is 0 Å². The molecule has 0 aromatic heterocycles. The summed E-state index contributed by atoms with van der Waals surface area (Å²) >= 11 is 0. The highest BCUT2D eigenvalue weighted by Crippen LogP contribution is 2.38. The predicted octanol–water partition coefficient (Wildman–Crippen LogP) is 3.14. The van der Waals surface area contributed by atoms with Gasteiger partial charge in [0, 0.05) is 0 Å².